The molecular formula is C106H92BBrCl2N6O6P4Pd. The van der Waals surface area contributed by atoms with E-state index in [2.05, 4.69) is 415 Å². The first-order valence-corrected chi connectivity index (χ1v) is 47.6. The van der Waals surface area contributed by atoms with Crippen LogP contribution >= 0.6 is 70.8 Å². The number of carbonyl (C=O) groups is 2. The van der Waals surface area contributed by atoms with Crippen molar-refractivity contribution in [1.82, 2.24) is 30.4 Å². The van der Waals surface area contributed by atoms with E-state index in [1.807, 2.05) is 58.0 Å². The maximum absolute atomic E-state index is 11.9. The Kier molecular flexibility index (Phi) is 35.9. The van der Waals surface area contributed by atoms with Crippen LogP contribution in [0.25, 0.3) is 32.9 Å². The molecule has 1 fully saturated rings. The molecule has 5 heterocycles. The largest absolute Gasteiger partial charge is 0.498 e. The van der Waals surface area contributed by atoms with Crippen LogP contribution in [-0.4, -0.2) is 74.8 Å². The summed E-state index contributed by atoms with van der Waals surface area (Å²) in [7, 11) is 0.471. The third kappa shape index (κ3) is 25.8. The fourth-order valence-electron chi connectivity index (χ4n) is 13.6. The van der Waals surface area contributed by atoms with Crippen LogP contribution in [0.1, 0.15) is 48.4 Å². The molecule has 2 N–H and O–H groups in total. The van der Waals surface area contributed by atoms with E-state index in [0.717, 1.165) is 31.8 Å². The molecule has 19 rings (SSSR count). The standard InChI is InChI=1S/4C18H15P.C14H10ClN3O2.C11H15BClNO2.C9H7BrN2O2.Pd/c4*1-4-10-16(11-5-1)19(17-12-6-2-7-13-17)18-14-8-3-9-15-18;1-20-14(19)11-6-8(5-9-7-17-18-12(9)11)10-3-2-4-16-13(10)15;1-10(2)11(3,4)16-12(15-10)8-6-5-7-14-9(8)13;1-14-9(13)7-3-6(10)2-5-4-11-12-8(5)7;/h4*1-15H;2-7H,1H3,(H,17,18);5-7H,1-4H3;2-4H,1H3,(H,11,12);. The van der Waals surface area contributed by atoms with Gasteiger partial charge in [0.25, 0.3) is 0 Å². The van der Waals surface area contributed by atoms with E-state index in [0.29, 0.717) is 32.5 Å². The molecule has 14 aromatic carbocycles. The van der Waals surface area contributed by atoms with Crippen LogP contribution in [0.4, 0.5) is 0 Å². The normalized spacial score (nSPS) is 12.0. The second-order valence-corrected chi connectivity index (χ2v) is 39.8. The van der Waals surface area contributed by atoms with E-state index in [-0.39, 0.29) is 37.6 Å². The number of hydrogen-bond acceptors (Lipinski definition) is 10. The minimum atomic E-state index is -0.446. The number of halogens is 3. The second-order valence-electron chi connectivity index (χ2n) is 29.3. The van der Waals surface area contributed by atoms with Crippen molar-refractivity contribution >= 4 is 181 Å². The maximum atomic E-state index is 11.9. The molecule has 127 heavy (non-hydrogen) atoms. The topological polar surface area (TPSA) is 154 Å². The Morgan fingerprint density at radius 3 is 0.835 bits per heavy atom. The Labute approximate surface area is 780 Å². The summed E-state index contributed by atoms with van der Waals surface area (Å²) in [5, 5.41) is 32.6. The summed E-state index contributed by atoms with van der Waals surface area (Å²) in [6.45, 7) is 8.04. The smallest absolute Gasteiger partial charge is 0.465 e. The number of pyridine rings is 2. The van der Waals surface area contributed by atoms with Crippen LogP contribution in [0.3, 0.4) is 0 Å². The number of nitrogens with one attached hydrogen (secondary N) is 2. The maximum Gasteiger partial charge on any atom is 0.498 e. The predicted molar refractivity (Wildman–Crippen MR) is 536 cm³/mol. The number of benzene rings is 14. The van der Waals surface area contributed by atoms with Gasteiger partial charge in [0.05, 0.1) is 60.0 Å². The van der Waals surface area contributed by atoms with E-state index in [4.69, 9.17) is 37.2 Å². The van der Waals surface area contributed by atoms with Gasteiger partial charge >= 0.3 is 19.1 Å². The Balaban J connectivity index is 0.000000135. The van der Waals surface area contributed by atoms with Gasteiger partial charge in [0.1, 0.15) is 10.3 Å². The molecule has 0 unspecified atom stereocenters. The van der Waals surface area contributed by atoms with E-state index in [9.17, 15) is 9.59 Å². The Hall–Kier alpha value is -11.3. The van der Waals surface area contributed by atoms with Crippen LogP contribution in [0.2, 0.25) is 10.3 Å². The van der Waals surface area contributed by atoms with Gasteiger partial charge in [-0.3, -0.25) is 10.2 Å². The van der Waals surface area contributed by atoms with Crippen molar-refractivity contribution in [2.24, 2.45) is 0 Å². The minimum Gasteiger partial charge on any atom is -0.465 e. The summed E-state index contributed by atoms with van der Waals surface area (Å²) in [6.07, 6.45) is 6.57. The van der Waals surface area contributed by atoms with Gasteiger partial charge in [-0.25, -0.2) is 19.6 Å². The number of nitrogens with zero attached hydrogens (tertiary/aromatic N) is 4. The van der Waals surface area contributed by atoms with E-state index >= 15 is 0 Å². The molecule has 1 saturated heterocycles. The number of fused-ring (bicyclic) bond motifs is 2. The number of carbonyl (C=O) groups excluding carboxylic acids is 2. The molecule has 0 aliphatic carbocycles. The van der Waals surface area contributed by atoms with Crippen LogP contribution in [0, 0.1) is 0 Å². The molecule has 0 atom stereocenters. The van der Waals surface area contributed by atoms with Crippen molar-refractivity contribution in [3.05, 3.63) is 463 Å². The van der Waals surface area contributed by atoms with Crippen LogP contribution in [-0.2, 0) is 39.2 Å². The molecule has 18 aromatic rings. The molecule has 0 saturated carbocycles. The quantitative estimate of drug-likeness (QED) is 0.0413. The van der Waals surface area contributed by atoms with Gasteiger partial charge in [0.2, 0.25) is 0 Å². The van der Waals surface area contributed by atoms with Gasteiger partial charge in [-0.2, -0.15) is 10.2 Å². The number of esters is 2. The number of methoxy groups -OCH3 is 2. The predicted octanol–water partition coefficient (Wildman–Crippen LogP) is 21.0. The molecule has 1 aliphatic heterocycles. The fourth-order valence-corrected chi connectivity index (χ4v) is 23.8. The van der Waals surface area contributed by atoms with Gasteiger partial charge in [0.15, 0.2) is 0 Å². The first-order valence-electron chi connectivity index (χ1n) is 40.7. The van der Waals surface area contributed by atoms with E-state index < -0.39 is 44.8 Å². The van der Waals surface area contributed by atoms with Crippen LogP contribution in [0.5, 0.6) is 0 Å². The molecule has 0 bridgehead atoms. The van der Waals surface area contributed by atoms with E-state index in [1.165, 1.54) is 77.9 Å². The van der Waals surface area contributed by atoms with Crippen LogP contribution in [0.15, 0.2) is 442 Å². The van der Waals surface area contributed by atoms with Crippen LogP contribution < -0.4 is 69.1 Å². The fraction of sp³-hybridized carbons (Fsp3) is 0.0755. The Morgan fingerprint density at radius 2 is 0.583 bits per heavy atom. The molecule has 1 aliphatic rings. The number of H-pyrrole nitrogens is 2. The zero-order valence-electron chi connectivity index (χ0n) is 70.6. The Bertz CT molecular complexity index is 5510. The zero-order valence-corrected chi connectivity index (χ0v) is 78.9. The first-order chi connectivity index (χ1) is 61.6. The number of hydrogen-bond donors (Lipinski definition) is 2. The average molecular weight is 1940 g/mol. The summed E-state index contributed by atoms with van der Waals surface area (Å²) in [5.74, 6) is -0.804. The van der Waals surface area contributed by atoms with Gasteiger partial charge < -0.3 is 18.8 Å². The van der Waals surface area contributed by atoms with Crippen molar-refractivity contribution in [2.75, 3.05) is 14.2 Å². The van der Waals surface area contributed by atoms with Crippen molar-refractivity contribution < 1.29 is 48.8 Å². The number of aromatic amines is 2. The molecule has 21 heteroatoms. The molecule has 0 radical (unpaired) electrons. The number of rotatable bonds is 16. The molecule has 12 nitrogen and oxygen atoms in total. The summed E-state index contributed by atoms with van der Waals surface area (Å²) < 4.78 is 22.1. The Morgan fingerprint density at radius 1 is 0.339 bits per heavy atom. The van der Waals surface area contributed by atoms with Crippen molar-refractivity contribution in [3.8, 4) is 11.1 Å². The average Bonchev–Trinajstić information content (AvgIpc) is 1.61. The third-order valence-corrected chi connectivity index (χ3v) is 31.3. The summed E-state index contributed by atoms with van der Waals surface area (Å²) >= 11 is 15.4. The molecule has 0 amide bonds. The van der Waals surface area contributed by atoms with Gasteiger partial charge in [-0.15, -0.1) is 0 Å². The number of ether oxygens (including phenoxy) is 2. The summed E-state index contributed by atoms with van der Waals surface area (Å²) in [5.41, 5.74) is 3.85. The third-order valence-electron chi connectivity index (χ3n) is 20.4. The molecule has 4 aromatic heterocycles. The molecular weight excluding hydrogens is 1850 g/mol. The zero-order chi connectivity index (χ0) is 87.9. The first kappa shape index (κ1) is 94.8. The van der Waals surface area contributed by atoms with Gasteiger partial charge in [0, 0.05) is 59.1 Å². The van der Waals surface area contributed by atoms with Crippen molar-refractivity contribution in [1.29, 1.82) is 0 Å². The van der Waals surface area contributed by atoms with Gasteiger partial charge in [-0.1, -0.05) is 409 Å². The van der Waals surface area contributed by atoms with Crippen molar-refractivity contribution in [3.63, 3.8) is 0 Å². The molecule has 0 spiro atoms. The SMILES string of the molecule is CC1(C)OB(c2cccnc2Cl)OC1(C)C.COC(=O)c1cc(-c2cccnc2Cl)cc2cn[nH]c12.COC(=O)c1cc(Br)cc2cn[nH]c12.[Pd].c1ccc(P(c2ccccc2)c2ccccc2)cc1.c1ccc(P(c2ccccc2)c2ccccc2)cc1.c1ccc(P(c2ccccc2)c2ccccc2)cc1.c1ccc(P(c2ccccc2)c2ccccc2)cc1. The van der Waals surface area contributed by atoms with E-state index in [1.54, 1.807) is 43.0 Å². The minimum absolute atomic E-state index is 0. The molecule has 636 valence electrons. The van der Waals surface area contributed by atoms with Crippen molar-refractivity contribution in [2.45, 2.75) is 38.9 Å². The second kappa shape index (κ2) is 48.0. The van der Waals surface area contributed by atoms with Gasteiger partial charge in [-0.05, 0) is 171 Å². The number of aromatic nitrogens is 6. The summed E-state index contributed by atoms with van der Waals surface area (Å²) in [6, 6.07) is 144. The monoisotopic (exact) mass is 1930 g/mol. The summed E-state index contributed by atoms with van der Waals surface area (Å²) in [4.78, 5) is 31.3.